The summed E-state index contributed by atoms with van der Waals surface area (Å²) in [5.41, 5.74) is -1.68. The molecule has 4 heterocycles. The Hall–Kier alpha value is -3.17. The van der Waals surface area contributed by atoms with Crippen LogP contribution in [0, 0.1) is 17.8 Å². The molecule has 234 valence electrons. The van der Waals surface area contributed by atoms with Crippen LogP contribution < -0.4 is 9.64 Å². The molecule has 0 aliphatic carbocycles. The van der Waals surface area contributed by atoms with E-state index in [0.29, 0.717) is 44.8 Å². The first-order chi connectivity index (χ1) is 20.7. The van der Waals surface area contributed by atoms with Gasteiger partial charge in [-0.1, -0.05) is 58.4 Å². The van der Waals surface area contributed by atoms with Crippen LogP contribution in [0.1, 0.15) is 60.3 Å². The number of amides is 3. The highest BCUT2D eigenvalue weighted by Crippen LogP contribution is 2.59. The number of unbranched alkanes of at least 4 members (excludes halogenated alkanes) is 1. The average molecular weight is 594 g/mol. The third kappa shape index (κ3) is 5.18. The summed E-state index contributed by atoms with van der Waals surface area (Å²) in [6.45, 7) is 11.6. The summed E-state index contributed by atoms with van der Waals surface area (Å²) in [4.78, 5) is 49.0. The Kier molecular flexibility index (Phi) is 9.05. The highest BCUT2D eigenvalue weighted by Gasteiger charge is 2.76. The van der Waals surface area contributed by atoms with Crippen molar-refractivity contribution in [3.05, 3.63) is 48.6 Å². The molecule has 9 nitrogen and oxygen atoms in total. The van der Waals surface area contributed by atoms with Gasteiger partial charge in [-0.05, 0) is 56.4 Å². The molecule has 0 bridgehead atoms. The number of aliphatic hydroxyl groups excluding tert-OH is 1. The molecule has 1 unspecified atom stereocenters. The van der Waals surface area contributed by atoms with Crippen LogP contribution in [0.2, 0.25) is 0 Å². The number of aliphatic hydroxyl groups is 1. The van der Waals surface area contributed by atoms with Gasteiger partial charge >= 0.3 is 0 Å². The molecular weight excluding hydrogens is 546 g/mol. The molecule has 0 saturated carbocycles. The zero-order valence-corrected chi connectivity index (χ0v) is 26.2. The van der Waals surface area contributed by atoms with E-state index in [1.807, 2.05) is 76.3 Å². The summed E-state index contributed by atoms with van der Waals surface area (Å²) < 4.78 is 12.7. The van der Waals surface area contributed by atoms with Crippen molar-refractivity contribution in [1.29, 1.82) is 0 Å². The smallest absolute Gasteiger partial charge is 0.249 e. The summed E-state index contributed by atoms with van der Waals surface area (Å²) in [6, 6.07) is 5.87. The van der Waals surface area contributed by atoms with Gasteiger partial charge in [0.15, 0.2) is 0 Å². The fraction of sp³-hybridized carbons (Fsp3) is 0.618. The number of rotatable bonds is 11. The second-order valence-corrected chi connectivity index (χ2v) is 12.7. The van der Waals surface area contributed by atoms with E-state index in [0.717, 1.165) is 18.6 Å². The molecule has 1 spiro atoms. The van der Waals surface area contributed by atoms with Gasteiger partial charge in [0.1, 0.15) is 17.4 Å². The molecule has 2 saturated heterocycles. The monoisotopic (exact) mass is 593 g/mol. The minimum Gasteiger partial charge on any atom is -0.494 e. The summed E-state index contributed by atoms with van der Waals surface area (Å²) in [5.74, 6) is -1.54. The molecule has 0 aromatic heterocycles. The molecular formula is C34H47N3O6. The van der Waals surface area contributed by atoms with Gasteiger partial charge in [-0.2, -0.15) is 0 Å². The minimum absolute atomic E-state index is 0.181. The van der Waals surface area contributed by atoms with E-state index >= 15 is 0 Å². The Labute approximate surface area is 255 Å². The van der Waals surface area contributed by atoms with Crippen molar-refractivity contribution >= 4 is 23.4 Å². The van der Waals surface area contributed by atoms with E-state index in [9.17, 15) is 19.5 Å². The standard InChI is InChI=1S/C34H47N3O6/c1-6-9-18-35-19-11-17-34-28(31(40)37(29(34)32(35)41)25(22-38)21-23(4)5)27-30(39)36(20-10-16-33(27,7-2)43-34)24-12-14-26(15-13-24)42-8-3/h10-17,23,25,27-29,38H,6-9,18-22H2,1-5H3/t25-,27-,28+,29?,33+,34+/m1/s1. The van der Waals surface area contributed by atoms with E-state index in [1.54, 1.807) is 14.7 Å². The van der Waals surface area contributed by atoms with Gasteiger partial charge in [-0.3, -0.25) is 14.4 Å². The van der Waals surface area contributed by atoms with Crippen molar-refractivity contribution in [3.63, 3.8) is 0 Å². The zero-order chi connectivity index (χ0) is 30.9. The van der Waals surface area contributed by atoms with Crippen LogP contribution in [0.3, 0.4) is 0 Å². The quantitative estimate of drug-likeness (QED) is 0.390. The third-order valence-electron chi connectivity index (χ3n) is 9.55. The molecule has 1 aromatic rings. The molecule has 9 heteroatoms. The van der Waals surface area contributed by atoms with Gasteiger partial charge in [0.05, 0.1) is 36.7 Å². The largest absolute Gasteiger partial charge is 0.494 e. The van der Waals surface area contributed by atoms with E-state index in [1.165, 1.54) is 0 Å². The number of fused-ring (bicyclic) bond motifs is 2. The number of likely N-dealkylation sites (tertiary alicyclic amines) is 1. The molecule has 4 aliphatic heterocycles. The number of benzene rings is 1. The third-order valence-corrected chi connectivity index (χ3v) is 9.55. The summed E-state index contributed by atoms with van der Waals surface area (Å²) in [6.07, 6.45) is 10.5. The Morgan fingerprint density at radius 2 is 1.70 bits per heavy atom. The lowest BCUT2D eigenvalue weighted by Crippen LogP contribution is -2.59. The number of ether oxygens (including phenoxy) is 2. The van der Waals surface area contributed by atoms with E-state index in [-0.39, 0.29) is 30.2 Å². The normalized spacial score (nSPS) is 30.8. The summed E-state index contributed by atoms with van der Waals surface area (Å²) in [7, 11) is 0. The van der Waals surface area contributed by atoms with Crippen LogP contribution in [-0.2, 0) is 19.1 Å². The first kappa shape index (κ1) is 31.3. The second-order valence-electron chi connectivity index (χ2n) is 12.7. The number of anilines is 1. The number of carbonyl (C=O) groups excluding carboxylic acids is 3. The fourth-order valence-corrected chi connectivity index (χ4v) is 7.63. The molecule has 3 amide bonds. The number of hydrogen-bond acceptors (Lipinski definition) is 6. The van der Waals surface area contributed by atoms with E-state index < -0.39 is 35.1 Å². The lowest BCUT2D eigenvalue weighted by Gasteiger charge is -2.41. The molecule has 1 N–H and O–H groups in total. The molecule has 1 aromatic carbocycles. The van der Waals surface area contributed by atoms with Crippen LogP contribution >= 0.6 is 0 Å². The Morgan fingerprint density at radius 3 is 2.33 bits per heavy atom. The van der Waals surface area contributed by atoms with Gasteiger partial charge in [-0.15, -0.1) is 0 Å². The predicted molar refractivity (Wildman–Crippen MR) is 165 cm³/mol. The van der Waals surface area contributed by atoms with Crippen molar-refractivity contribution in [1.82, 2.24) is 9.80 Å². The molecule has 5 rings (SSSR count). The van der Waals surface area contributed by atoms with Crippen LogP contribution in [-0.4, -0.2) is 88.8 Å². The highest BCUT2D eigenvalue weighted by atomic mass is 16.5. The number of nitrogens with zero attached hydrogens (tertiary/aromatic N) is 3. The maximum Gasteiger partial charge on any atom is 0.249 e. The molecule has 43 heavy (non-hydrogen) atoms. The van der Waals surface area contributed by atoms with Gasteiger partial charge in [0, 0.05) is 25.3 Å². The van der Waals surface area contributed by atoms with E-state index in [4.69, 9.17) is 9.47 Å². The van der Waals surface area contributed by atoms with Gasteiger partial charge in [0.2, 0.25) is 17.7 Å². The topological polar surface area (TPSA) is 99.6 Å². The van der Waals surface area contributed by atoms with Crippen LogP contribution in [0.15, 0.2) is 48.6 Å². The molecule has 2 fully saturated rings. The SMILES string of the molecule is CCCCN1CC=C[C@]23O[C@@]4(CC)C=CCN(c5ccc(OCC)cc5)C(=O)[C@H]4[C@H]2C(=O)N([C@@H](CO)CC(C)C)C3C1=O. The minimum atomic E-state index is -1.33. The van der Waals surface area contributed by atoms with Crippen molar-refractivity contribution in [3.8, 4) is 5.75 Å². The molecule has 4 aliphatic rings. The zero-order valence-electron chi connectivity index (χ0n) is 26.2. The Bertz CT molecular complexity index is 1260. The van der Waals surface area contributed by atoms with Crippen molar-refractivity contribution in [2.75, 3.05) is 37.7 Å². The van der Waals surface area contributed by atoms with Crippen LogP contribution in [0.4, 0.5) is 5.69 Å². The van der Waals surface area contributed by atoms with Crippen molar-refractivity contribution < 1.29 is 29.0 Å². The number of carbonyl (C=O) groups is 3. The average Bonchev–Trinajstić information content (AvgIpc) is 3.29. The summed E-state index contributed by atoms with van der Waals surface area (Å²) >= 11 is 0. The highest BCUT2D eigenvalue weighted by molar-refractivity contribution is 6.04. The first-order valence-corrected chi connectivity index (χ1v) is 16.0. The molecule has 0 radical (unpaired) electrons. The van der Waals surface area contributed by atoms with Crippen molar-refractivity contribution in [2.45, 2.75) is 83.6 Å². The van der Waals surface area contributed by atoms with E-state index in [2.05, 4.69) is 6.92 Å². The van der Waals surface area contributed by atoms with Crippen LogP contribution in [0.25, 0.3) is 0 Å². The predicted octanol–water partition coefficient (Wildman–Crippen LogP) is 3.95. The van der Waals surface area contributed by atoms with Gasteiger partial charge < -0.3 is 29.3 Å². The van der Waals surface area contributed by atoms with Crippen LogP contribution in [0.5, 0.6) is 5.75 Å². The first-order valence-electron chi connectivity index (χ1n) is 16.0. The number of hydrogen-bond donors (Lipinski definition) is 1. The fourth-order valence-electron chi connectivity index (χ4n) is 7.63. The lowest BCUT2D eigenvalue weighted by molar-refractivity contribution is -0.155. The van der Waals surface area contributed by atoms with Gasteiger partial charge in [-0.25, -0.2) is 0 Å². The summed E-state index contributed by atoms with van der Waals surface area (Å²) in [5, 5.41) is 10.6. The second kappa shape index (κ2) is 12.4. The van der Waals surface area contributed by atoms with Crippen molar-refractivity contribution in [2.24, 2.45) is 17.8 Å². The lowest BCUT2D eigenvalue weighted by atomic mass is 9.73. The van der Waals surface area contributed by atoms with Gasteiger partial charge in [0.25, 0.3) is 0 Å². The Morgan fingerprint density at radius 1 is 0.977 bits per heavy atom. The maximum absolute atomic E-state index is 14.8. The molecule has 6 atom stereocenters. The maximum atomic E-state index is 14.8. The Balaban J connectivity index is 1.63.